The van der Waals surface area contributed by atoms with Crippen molar-refractivity contribution in [3.05, 3.63) is 18.3 Å². The molecule has 3 aliphatic heterocycles. The molecule has 3 saturated heterocycles. The predicted molar refractivity (Wildman–Crippen MR) is 83.9 cm³/mol. The van der Waals surface area contributed by atoms with Crippen LogP contribution in [0.25, 0.3) is 0 Å². The molecule has 7 nitrogen and oxygen atoms in total. The Kier molecular flexibility index (Phi) is 3.25. The van der Waals surface area contributed by atoms with E-state index in [1.54, 1.807) is 11.1 Å². The van der Waals surface area contributed by atoms with Gasteiger partial charge in [-0.3, -0.25) is 9.69 Å². The summed E-state index contributed by atoms with van der Waals surface area (Å²) in [6, 6.07) is 3.73. The van der Waals surface area contributed by atoms with Gasteiger partial charge in [-0.1, -0.05) is 0 Å². The number of imide groups is 1. The minimum atomic E-state index is -0.598. The zero-order valence-electron chi connectivity index (χ0n) is 13.3. The minimum absolute atomic E-state index is 0.00190. The maximum absolute atomic E-state index is 12.8. The molecule has 0 radical (unpaired) electrons. The number of urea groups is 1. The highest BCUT2D eigenvalue weighted by molar-refractivity contribution is 6.07. The van der Waals surface area contributed by atoms with Gasteiger partial charge in [-0.05, 0) is 44.7 Å². The van der Waals surface area contributed by atoms with Crippen LogP contribution in [0.5, 0.6) is 0 Å². The van der Waals surface area contributed by atoms with Gasteiger partial charge in [-0.2, -0.15) is 5.10 Å². The molecule has 1 aromatic heterocycles. The number of carbonyl (C=O) groups excluding carboxylic acids is 2. The molecule has 0 aromatic carbocycles. The van der Waals surface area contributed by atoms with E-state index in [9.17, 15) is 9.59 Å². The molecule has 4 rings (SSSR count). The number of hydrogen-bond donors (Lipinski definition) is 0. The summed E-state index contributed by atoms with van der Waals surface area (Å²) in [5.74, 6) is 0.857. The van der Waals surface area contributed by atoms with Crippen molar-refractivity contribution in [3.63, 3.8) is 0 Å². The molecule has 0 spiro atoms. The van der Waals surface area contributed by atoms with Crippen molar-refractivity contribution in [2.45, 2.75) is 44.2 Å². The Balaban J connectivity index is 1.47. The van der Waals surface area contributed by atoms with Crippen molar-refractivity contribution in [1.82, 2.24) is 20.0 Å². The molecule has 0 aliphatic carbocycles. The Morgan fingerprint density at radius 3 is 2.65 bits per heavy atom. The first-order valence-electron chi connectivity index (χ1n) is 8.29. The van der Waals surface area contributed by atoms with E-state index in [1.165, 1.54) is 4.90 Å². The molecule has 1 atom stereocenters. The van der Waals surface area contributed by atoms with Crippen molar-refractivity contribution in [2.75, 3.05) is 24.5 Å². The number of nitrogens with zero attached hydrogens (tertiary/aromatic N) is 5. The summed E-state index contributed by atoms with van der Waals surface area (Å²) >= 11 is 0. The van der Waals surface area contributed by atoms with Crippen molar-refractivity contribution in [3.8, 4) is 0 Å². The van der Waals surface area contributed by atoms with E-state index in [0.29, 0.717) is 6.54 Å². The number of piperidine rings is 1. The fourth-order valence-corrected chi connectivity index (χ4v) is 4.11. The SMILES string of the molecule is CC12CCCN1C(=O)N(C1CCN(c3cccnn3)CC1)C2=O. The molecule has 1 aromatic rings. The van der Waals surface area contributed by atoms with Crippen LogP contribution in [0.1, 0.15) is 32.6 Å². The molecule has 122 valence electrons. The monoisotopic (exact) mass is 315 g/mol. The van der Waals surface area contributed by atoms with E-state index in [4.69, 9.17) is 0 Å². The summed E-state index contributed by atoms with van der Waals surface area (Å²) in [5, 5.41) is 8.04. The maximum atomic E-state index is 12.8. The molecule has 0 N–H and O–H groups in total. The number of aromatic nitrogens is 2. The van der Waals surface area contributed by atoms with E-state index in [2.05, 4.69) is 15.1 Å². The second-order valence-electron chi connectivity index (χ2n) is 6.79. The van der Waals surface area contributed by atoms with Gasteiger partial charge in [0, 0.05) is 31.9 Å². The van der Waals surface area contributed by atoms with Crippen molar-refractivity contribution < 1.29 is 9.59 Å². The number of carbonyl (C=O) groups is 2. The lowest BCUT2D eigenvalue weighted by molar-refractivity contribution is -0.133. The summed E-state index contributed by atoms with van der Waals surface area (Å²) in [7, 11) is 0. The minimum Gasteiger partial charge on any atom is -0.355 e. The summed E-state index contributed by atoms with van der Waals surface area (Å²) < 4.78 is 0. The van der Waals surface area contributed by atoms with Gasteiger partial charge in [-0.15, -0.1) is 5.10 Å². The van der Waals surface area contributed by atoms with E-state index < -0.39 is 5.54 Å². The largest absolute Gasteiger partial charge is 0.355 e. The molecule has 1 unspecified atom stereocenters. The van der Waals surface area contributed by atoms with Crippen molar-refractivity contribution >= 4 is 17.8 Å². The quantitative estimate of drug-likeness (QED) is 0.769. The van der Waals surface area contributed by atoms with Crippen LogP contribution in [0.3, 0.4) is 0 Å². The topological polar surface area (TPSA) is 69.6 Å². The summed E-state index contributed by atoms with van der Waals surface area (Å²) in [6.07, 6.45) is 4.95. The van der Waals surface area contributed by atoms with E-state index in [1.807, 2.05) is 19.1 Å². The van der Waals surface area contributed by atoms with Gasteiger partial charge in [0.25, 0.3) is 5.91 Å². The van der Waals surface area contributed by atoms with Gasteiger partial charge in [0.2, 0.25) is 0 Å². The van der Waals surface area contributed by atoms with Crippen molar-refractivity contribution in [1.29, 1.82) is 0 Å². The highest BCUT2D eigenvalue weighted by atomic mass is 16.2. The molecule has 3 fully saturated rings. The van der Waals surface area contributed by atoms with Crippen LogP contribution in [0.15, 0.2) is 18.3 Å². The smallest absolute Gasteiger partial charge is 0.327 e. The second-order valence-corrected chi connectivity index (χ2v) is 6.79. The molecule has 0 bridgehead atoms. The summed E-state index contributed by atoms with van der Waals surface area (Å²) in [5.41, 5.74) is -0.598. The lowest BCUT2D eigenvalue weighted by Crippen LogP contribution is -2.49. The highest BCUT2D eigenvalue weighted by Gasteiger charge is 2.58. The lowest BCUT2D eigenvalue weighted by atomic mass is 9.97. The van der Waals surface area contributed by atoms with E-state index in [-0.39, 0.29) is 18.0 Å². The number of amides is 3. The molecule has 3 aliphatic rings. The lowest BCUT2D eigenvalue weighted by Gasteiger charge is -2.36. The zero-order valence-corrected chi connectivity index (χ0v) is 13.3. The normalized spacial score (nSPS) is 28.7. The Hall–Kier alpha value is -2.18. The second kappa shape index (κ2) is 5.18. The Morgan fingerprint density at radius 2 is 2.00 bits per heavy atom. The third-order valence-corrected chi connectivity index (χ3v) is 5.47. The number of rotatable bonds is 2. The van der Waals surface area contributed by atoms with Crippen LogP contribution in [0.2, 0.25) is 0 Å². The average Bonchev–Trinajstić information content (AvgIpc) is 3.06. The van der Waals surface area contributed by atoms with Gasteiger partial charge in [-0.25, -0.2) is 4.79 Å². The number of hydrogen-bond acceptors (Lipinski definition) is 5. The predicted octanol–water partition coefficient (Wildman–Crippen LogP) is 1.26. The Morgan fingerprint density at radius 1 is 1.22 bits per heavy atom. The first kappa shape index (κ1) is 14.4. The molecule has 0 saturated carbocycles. The van der Waals surface area contributed by atoms with Gasteiger partial charge in [0.1, 0.15) is 5.54 Å². The Labute approximate surface area is 135 Å². The van der Waals surface area contributed by atoms with Gasteiger partial charge >= 0.3 is 6.03 Å². The zero-order chi connectivity index (χ0) is 16.0. The molecular formula is C16H21N5O2. The van der Waals surface area contributed by atoms with Crippen LogP contribution >= 0.6 is 0 Å². The van der Waals surface area contributed by atoms with Crippen LogP contribution < -0.4 is 4.90 Å². The number of anilines is 1. The third kappa shape index (κ3) is 2.09. The fraction of sp³-hybridized carbons (Fsp3) is 0.625. The third-order valence-electron chi connectivity index (χ3n) is 5.47. The maximum Gasteiger partial charge on any atom is 0.327 e. The summed E-state index contributed by atoms with van der Waals surface area (Å²) in [6.45, 7) is 4.19. The van der Waals surface area contributed by atoms with Gasteiger partial charge < -0.3 is 9.80 Å². The highest BCUT2D eigenvalue weighted by Crippen LogP contribution is 2.39. The Bertz CT molecular complexity index is 629. The van der Waals surface area contributed by atoms with Gasteiger partial charge in [0.15, 0.2) is 5.82 Å². The van der Waals surface area contributed by atoms with E-state index in [0.717, 1.165) is 44.6 Å². The molecule has 7 heteroatoms. The first-order valence-corrected chi connectivity index (χ1v) is 8.29. The molecular weight excluding hydrogens is 294 g/mol. The molecule has 3 amide bonds. The molecule has 4 heterocycles. The first-order chi connectivity index (χ1) is 11.1. The van der Waals surface area contributed by atoms with Crippen LogP contribution in [0.4, 0.5) is 10.6 Å². The van der Waals surface area contributed by atoms with E-state index >= 15 is 0 Å². The average molecular weight is 315 g/mol. The van der Waals surface area contributed by atoms with Crippen LogP contribution in [-0.2, 0) is 4.79 Å². The molecule has 23 heavy (non-hydrogen) atoms. The van der Waals surface area contributed by atoms with Crippen LogP contribution in [-0.4, -0.2) is 63.2 Å². The summed E-state index contributed by atoms with van der Waals surface area (Å²) in [4.78, 5) is 30.9. The standard InChI is InChI=1S/C16H21N5O2/c1-16-7-3-9-20(16)15(23)21(14(16)22)12-5-10-19(11-6-12)13-4-2-8-17-18-13/h2,4,8,12H,3,5-7,9-11H2,1H3. The van der Waals surface area contributed by atoms with Crippen LogP contribution in [0, 0.1) is 0 Å². The fourth-order valence-electron chi connectivity index (χ4n) is 4.11. The number of fused-ring (bicyclic) bond motifs is 1. The van der Waals surface area contributed by atoms with Gasteiger partial charge in [0.05, 0.1) is 0 Å². The van der Waals surface area contributed by atoms with Crippen molar-refractivity contribution in [2.24, 2.45) is 0 Å².